The number of benzene rings is 2. The van der Waals surface area contributed by atoms with Crippen molar-refractivity contribution < 1.29 is 24.0 Å². The van der Waals surface area contributed by atoms with Crippen molar-refractivity contribution >= 4 is 40.8 Å². The number of carbonyl (C=O) groups is 4. The first-order valence-electron chi connectivity index (χ1n) is 14.7. The van der Waals surface area contributed by atoms with E-state index in [1.165, 1.54) is 0 Å². The summed E-state index contributed by atoms with van der Waals surface area (Å²) in [4.78, 5) is 61.0. The van der Waals surface area contributed by atoms with E-state index in [1.54, 1.807) is 11.0 Å². The molecule has 0 aromatic heterocycles. The van der Waals surface area contributed by atoms with Crippen LogP contribution in [0.15, 0.2) is 60.7 Å². The van der Waals surface area contributed by atoms with Crippen LogP contribution in [0.5, 0.6) is 0 Å². The maximum atomic E-state index is 13.9. The van der Waals surface area contributed by atoms with Crippen molar-refractivity contribution in [3.05, 3.63) is 76.8 Å². The van der Waals surface area contributed by atoms with Crippen LogP contribution in [-0.4, -0.2) is 58.7 Å². The summed E-state index contributed by atoms with van der Waals surface area (Å²) < 4.78 is 0. The highest BCUT2D eigenvalue weighted by atomic mass is 35.5. The maximum absolute atomic E-state index is 13.9. The molecular formula is C32H35ClN4O5. The first-order chi connectivity index (χ1) is 20.3. The molecule has 1 spiro atoms. The number of Topliss-reactive ketones (excluding diaryl/α,β-unsaturated/α-hetero) is 1. The molecule has 3 amide bonds. The lowest BCUT2D eigenvalue weighted by molar-refractivity contribution is -0.142. The number of hydroxylamine groups is 1. The Morgan fingerprint density at radius 1 is 1.12 bits per heavy atom. The highest BCUT2D eigenvalue weighted by molar-refractivity contribution is 6.38. The molecule has 2 aliphatic heterocycles. The molecule has 6 rings (SSSR count). The molecule has 2 saturated carbocycles. The summed E-state index contributed by atoms with van der Waals surface area (Å²) in [5.74, 6) is -2.04. The number of hydrogen-bond acceptors (Lipinski definition) is 6. The van der Waals surface area contributed by atoms with Gasteiger partial charge in [-0.3, -0.25) is 29.5 Å². The van der Waals surface area contributed by atoms with E-state index >= 15 is 0 Å². The van der Waals surface area contributed by atoms with E-state index in [4.69, 9.17) is 16.4 Å². The van der Waals surface area contributed by atoms with E-state index in [-0.39, 0.29) is 36.8 Å². The normalized spacial score (nSPS) is 26.8. The molecule has 2 heterocycles. The Labute approximate surface area is 250 Å². The van der Waals surface area contributed by atoms with Gasteiger partial charge in [-0.25, -0.2) is 0 Å². The fourth-order valence-electron chi connectivity index (χ4n) is 6.04. The minimum atomic E-state index is -0.965. The third-order valence-corrected chi connectivity index (χ3v) is 8.76. The van der Waals surface area contributed by atoms with Gasteiger partial charge in [-0.15, -0.1) is 0 Å². The van der Waals surface area contributed by atoms with E-state index in [9.17, 15) is 19.2 Å². The summed E-state index contributed by atoms with van der Waals surface area (Å²) in [7, 11) is 0. The lowest BCUT2D eigenvalue weighted by atomic mass is 9.97. The van der Waals surface area contributed by atoms with Gasteiger partial charge in [0.05, 0.1) is 18.3 Å². The molecule has 220 valence electrons. The summed E-state index contributed by atoms with van der Waals surface area (Å²) in [5.41, 5.74) is 4.66. The van der Waals surface area contributed by atoms with Gasteiger partial charge in [-0.1, -0.05) is 67.4 Å². The smallest absolute Gasteiger partial charge is 0.289 e. The second kappa shape index (κ2) is 11.5. The Kier molecular flexibility index (Phi) is 7.81. The number of carbonyl (C=O) groups excluding carboxylic acids is 4. The third-order valence-electron chi connectivity index (χ3n) is 8.53. The van der Waals surface area contributed by atoms with Crippen LogP contribution in [0.4, 0.5) is 0 Å². The van der Waals surface area contributed by atoms with E-state index in [0.29, 0.717) is 30.0 Å². The van der Waals surface area contributed by atoms with Crippen LogP contribution in [0, 0.1) is 5.92 Å². The van der Waals surface area contributed by atoms with Crippen molar-refractivity contribution in [3.8, 4) is 0 Å². The van der Waals surface area contributed by atoms with E-state index in [0.717, 1.165) is 24.0 Å². The fraction of sp³-hybridized carbons (Fsp3) is 0.438. The minimum Gasteiger partial charge on any atom is -0.347 e. The van der Waals surface area contributed by atoms with Crippen LogP contribution in [-0.2, 0) is 24.0 Å². The van der Waals surface area contributed by atoms with Gasteiger partial charge in [0.15, 0.2) is 0 Å². The molecule has 3 N–H and O–H groups in total. The Bertz CT molecular complexity index is 1430. The predicted octanol–water partition coefficient (Wildman–Crippen LogP) is 3.49. The van der Waals surface area contributed by atoms with Gasteiger partial charge in [0.2, 0.25) is 17.6 Å². The Balaban J connectivity index is 1.24. The molecule has 0 radical (unpaired) electrons. The molecule has 2 aliphatic carbocycles. The van der Waals surface area contributed by atoms with Crippen molar-refractivity contribution in [2.45, 2.75) is 75.1 Å². The van der Waals surface area contributed by atoms with Crippen molar-refractivity contribution in [1.29, 1.82) is 0 Å². The molecule has 42 heavy (non-hydrogen) atoms. The second-order valence-corrected chi connectivity index (χ2v) is 12.3. The molecular weight excluding hydrogens is 556 g/mol. The molecule has 2 aromatic carbocycles. The SMILES string of the molecule is CCC[C@H](NC(=O)[C@@H]1C[C@]2(C=C(c3cccc(Cl)c3)NO2)CN1C(=O)C1CC1c1ccccc1)C(=O)C(=O)NC1CC1. The van der Waals surface area contributed by atoms with E-state index < -0.39 is 35.3 Å². The van der Waals surface area contributed by atoms with Crippen LogP contribution in [0.2, 0.25) is 5.02 Å². The lowest BCUT2D eigenvalue weighted by Crippen LogP contribution is -2.53. The largest absolute Gasteiger partial charge is 0.347 e. The quantitative estimate of drug-likeness (QED) is 0.365. The van der Waals surface area contributed by atoms with Crippen molar-refractivity contribution in [3.63, 3.8) is 0 Å². The summed E-state index contributed by atoms with van der Waals surface area (Å²) >= 11 is 6.21. The summed E-state index contributed by atoms with van der Waals surface area (Å²) in [6.45, 7) is 2.07. The fourth-order valence-corrected chi connectivity index (χ4v) is 6.23. The molecule has 0 bridgehead atoms. The van der Waals surface area contributed by atoms with Gasteiger partial charge in [0, 0.05) is 29.0 Å². The van der Waals surface area contributed by atoms with Crippen molar-refractivity contribution in [2.24, 2.45) is 5.92 Å². The van der Waals surface area contributed by atoms with Gasteiger partial charge in [-0.05, 0) is 55.4 Å². The number of likely N-dealkylation sites (tertiary alicyclic amines) is 1. The average molecular weight is 591 g/mol. The first-order valence-corrected chi connectivity index (χ1v) is 15.1. The molecule has 9 nitrogen and oxygen atoms in total. The predicted molar refractivity (Wildman–Crippen MR) is 157 cm³/mol. The molecule has 2 aromatic rings. The number of nitrogens with zero attached hydrogens (tertiary/aromatic N) is 1. The molecule has 5 atom stereocenters. The molecule has 4 aliphatic rings. The molecule has 10 heteroatoms. The zero-order valence-electron chi connectivity index (χ0n) is 23.5. The number of nitrogens with one attached hydrogen (secondary N) is 3. The van der Waals surface area contributed by atoms with E-state index in [2.05, 4.69) is 16.1 Å². The van der Waals surface area contributed by atoms with Crippen LogP contribution >= 0.6 is 11.6 Å². The van der Waals surface area contributed by atoms with Crippen LogP contribution < -0.4 is 16.1 Å². The van der Waals surface area contributed by atoms with Crippen LogP contribution in [0.1, 0.15) is 62.5 Å². The molecule has 1 saturated heterocycles. The number of amides is 3. The Morgan fingerprint density at radius 3 is 2.62 bits per heavy atom. The number of halogens is 1. The zero-order valence-corrected chi connectivity index (χ0v) is 24.2. The van der Waals surface area contributed by atoms with Crippen LogP contribution in [0.25, 0.3) is 5.70 Å². The number of hydrogen-bond donors (Lipinski definition) is 3. The zero-order chi connectivity index (χ0) is 29.4. The standard InChI is InChI=1S/C32H35ClN4O5/c1-2-7-25(28(38)30(40)34-22-12-13-22)35-29(39)27-17-32(16-26(36-42-32)20-10-6-11-21(33)14-20)18-37(27)31(41)24-15-23(24)19-8-4-3-5-9-19/h3-6,8-11,14,16,22-25,27,36H,2,7,12-13,15,17-18H2,1H3,(H,34,40)(H,35,39)/t23?,24?,25-,27-,32+/m0/s1. The maximum Gasteiger partial charge on any atom is 0.289 e. The monoisotopic (exact) mass is 590 g/mol. The first kappa shape index (κ1) is 28.4. The summed E-state index contributed by atoms with van der Waals surface area (Å²) in [6.07, 6.45) is 5.46. The van der Waals surface area contributed by atoms with Gasteiger partial charge in [0.25, 0.3) is 5.91 Å². The van der Waals surface area contributed by atoms with Gasteiger partial charge < -0.3 is 15.5 Å². The van der Waals surface area contributed by atoms with Crippen molar-refractivity contribution in [1.82, 2.24) is 21.0 Å². The van der Waals surface area contributed by atoms with Crippen LogP contribution in [0.3, 0.4) is 0 Å². The molecule has 3 fully saturated rings. The Morgan fingerprint density at radius 2 is 1.90 bits per heavy atom. The highest BCUT2D eigenvalue weighted by Crippen LogP contribution is 2.50. The summed E-state index contributed by atoms with van der Waals surface area (Å²) in [5, 5.41) is 6.12. The Hall–Kier alpha value is -3.69. The van der Waals surface area contributed by atoms with Gasteiger partial charge in [0.1, 0.15) is 11.6 Å². The average Bonchev–Trinajstić information content (AvgIpc) is 3.91. The second-order valence-electron chi connectivity index (χ2n) is 11.8. The molecule has 2 unspecified atom stereocenters. The van der Waals surface area contributed by atoms with Crippen molar-refractivity contribution in [2.75, 3.05) is 6.54 Å². The third kappa shape index (κ3) is 5.94. The topological polar surface area (TPSA) is 117 Å². The number of ketones is 1. The lowest BCUT2D eigenvalue weighted by Gasteiger charge is -2.26. The number of rotatable bonds is 10. The minimum absolute atomic E-state index is 0.0332. The van der Waals surface area contributed by atoms with Gasteiger partial charge in [-0.2, -0.15) is 0 Å². The van der Waals surface area contributed by atoms with E-state index in [1.807, 2.05) is 61.5 Å². The highest BCUT2D eigenvalue weighted by Gasteiger charge is 2.56. The summed E-state index contributed by atoms with van der Waals surface area (Å²) in [6, 6.07) is 15.4. The van der Waals surface area contributed by atoms with Gasteiger partial charge >= 0.3 is 0 Å².